The van der Waals surface area contributed by atoms with Gasteiger partial charge >= 0.3 is 0 Å². The van der Waals surface area contributed by atoms with Gasteiger partial charge in [0.2, 0.25) is 0 Å². The van der Waals surface area contributed by atoms with Crippen LogP contribution in [0.4, 0.5) is 5.82 Å². The van der Waals surface area contributed by atoms with Gasteiger partial charge in [-0.05, 0) is 51.0 Å². The Hall–Kier alpha value is -1.43. The van der Waals surface area contributed by atoms with Crippen LogP contribution in [0.25, 0.3) is 0 Å². The van der Waals surface area contributed by atoms with Gasteiger partial charge in [-0.1, -0.05) is 6.07 Å². The Morgan fingerprint density at radius 1 is 1.33 bits per heavy atom. The standard InChI is InChI=1S/C18H31N5S/c1-5-23(6-2)16-9-8-15(12-20-16)13-21-17(19-4)22-14-18(3)10-7-11-24-18/h8-9,12H,5-7,10-11,13-14H2,1-4H3,(H2,19,21,22). The number of aromatic nitrogens is 1. The molecule has 1 unspecified atom stereocenters. The second-order valence-electron chi connectivity index (χ2n) is 6.38. The van der Waals surface area contributed by atoms with Gasteiger partial charge in [0.25, 0.3) is 0 Å². The number of guanidine groups is 1. The van der Waals surface area contributed by atoms with Gasteiger partial charge in [-0.15, -0.1) is 0 Å². The molecule has 2 heterocycles. The predicted molar refractivity (Wildman–Crippen MR) is 106 cm³/mol. The number of rotatable bonds is 7. The van der Waals surface area contributed by atoms with Crippen molar-refractivity contribution >= 4 is 23.5 Å². The quantitative estimate of drug-likeness (QED) is 0.586. The molecule has 0 spiro atoms. The van der Waals surface area contributed by atoms with E-state index in [4.69, 9.17) is 0 Å². The molecule has 1 aliphatic rings. The average Bonchev–Trinajstić information content (AvgIpc) is 3.04. The topological polar surface area (TPSA) is 52.5 Å². The molecule has 24 heavy (non-hydrogen) atoms. The maximum Gasteiger partial charge on any atom is 0.191 e. The van der Waals surface area contributed by atoms with Crippen LogP contribution >= 0.6 is 11.8 Å². The molecule has 0 aromatic carbocycles. The van der Waals surface area contributed by atoms with Gasteiger partial charge in [0.15, 0.2) is 5.96 Å². The molecular formula is C18H31N5S. The summed E-state index contributed by atoms with van der Waals surface area (Å²) in [7, 11) is 1.82. The van der Waals surface area contributed by atoms with Gasteiger partial charge in [-0.2, -0.15) is 11.8 Å². The van der Waals surface area contributed by atoms with E-state index >= 15 is 0 Å². The molecule has 1 aromatic heterocycles. The van der Waals surface area contributed by atoms with E-state index in [1.54, 1.807) is 0 Å². The van der Waals surface area contributed by atoms with Crippen molar-refractivity contribution in [3.8, 4) is 0 Å². The Morgan fingerprint density at radius 3 is 2.67 bits per heavy atom. The first kappa shape index (κ1) is 18.9. The monoisotopic (exact) mass is 349 g/mol. The van der Waals surface area contributed by atoms with Crippen LogP contribution in [0.3, 0.4) is 0 Å². The van der Waals surface area contributed by atoms with E-state index in [1.165, 1.54) is 18.6 Å². The van der Waals surface area contributed by atoms with E-state index in [0.29, 0.717) is 4.75 Å². The molecule has 1 aromatic rings. The van der Waals surface area contributed by atoms with Crippen LogP contribution in [0.2, 0.25) is 0 Å². The molecule has 1 fully saturated rings. The third-order valence-corrected chi connectivity index (χ3v) is 6.05. The number of aliphatic imine (C=N–C) groups is 1. The predicted octanol–water partition coefficient (Wildman–Crippen LogP) is 2.88. The Morgan fingerprint density at radius 2 is 2.12 bits per heavy atom. The smallest absolute Gasteiger partial charge is 0.191 e. The van der Waals surface area contributed by atoms with Gasteiger partial charge < -0.3 is 15.5 Å². The average molecular weight is 350 g/mol. The third kappa shape index (κ3) is 5.30. The molecule has 1 saturated heterocycles. The number of anilines is 1. The Kier molecular flexibility index (Phi) is 7.21. The van der Waals surface area contributed by atoms with E-state index in [9.17, 15) is 0 Å². The van der Waals surface area contributed by atoms with Gasteiger partial charge in [-0.25, -0.2) is 4.98 Å². The van der Waals surface area contributed by atoms with Crippen molar-refractivity contribution < 1.29 is 0 Å². The van der Waals surface area contributed by atoms with Crippen molar-refractivity contribution in [1.29, 1.82) is 0 Å². The van der Waals surface area contributed by atoms with Crippen molar-refractivity contribution in [2.75, 3.05) is 37.3 Å². The van der Waals surface area contributed by atoms with Crippen molar-refractivity contribution in [3.05, 3.63) is 23.9 Å². The zero-order valence-electron chi connectivity index (χ0n) is 15.4. The number of hydrogen-bond donors (Lipinski definition) is 2. The van der Waals surface area contributed by atoms with E-state index in [0.717, 1.165) is 43.5 Å². The van der Waals surface area contributed by atoms with Crippen LogP contribution in [-0.4, -0.2) is 48.1 Å². The number of nitrogens with zero attached hydrogens (tertiary/aromatic N) is 3. The zero-order valence-corrected chi connectivity index (χ0v) is 16.2. The summed E-state index contributed by atoms with van der Waals surface area (Å²) in [5, 5.41) is 6.84. The fourth-order valence-electron chi connectivity index (χ4n) is 2.91. The van der Waals surface area contributed by atoms with Crippen molar-refractivity contribution in [1.82, 2.24) is 15.6 Å². The van der Waals surface area contributed by atoms with Crippen molar-refractivity contribution in [2.24, 2.45) is 4.99 Å². The summed E-state index contributed by atoms with van der Waals surface area (Å²) < 4.78 is 0.338. The normalized spacial score (nSPS) is 20.9. The van der Waals surface area contributed by atoms with Crippen LogP contribution < -0.4 is 15.5 Å². The minimum atomic E-state index is 0.338. The Balaban J connectivity index is 1.82. The molecule has 0 aliphatic carbocycles. The first-order valence-corrected chi connectivity index (χ1v) is 9.87. The second-order valence-corrected chi connectivity index (χ2v) is 8.06. The van der Waals surface area contributed by atoms with E-state index in [-0.39, 0.29) is 0 Å². The fourth-order valence-corrected chi connectivity index (χ4v) is 4.15. The lowest BCUT2D eigenvalue weighted by Crippen LogP contribution is -2.43. The van der Waals surface area contributed by atoms with Crippen LogP contribution in [0, 0.1) is 0 Å². The van der Waals surface area contributed by atoms with Gasteiger partial charge in [-0.3, -0.25) is 4.99 Å². The third-order valence-electron chi connectivity index (χ3n) is 4.51. The van der Waals surface area contributed by atoms with Crippen molar-refractivity contribution in [2.45, 2.75) is 44.9 Å². The number of thioether (sulfide) groups is 1. The van der Waals surface area contributed by atoms with E-state index in [1.807, 2.05) is 13.2 Å². The highest BCUT2D eigenvalue weighted by atomic mass is 32.2. The summed E-state index contributed by atoms with van der Waals surface area (Å²) in [4.78, 5) is 11.1. The first-order valence-electron chi connectivity index (χ1n) is 8.88. The SMILES string of the molecule is CCN(CC)c1ccc(CNC(=NC)NCC2(C)CCCS2)cn1. The molecule has 1 atom stereocenters. The number of pyridine rings is 1. The first-order chi connectivity index (χ1) is 11.6. The highest BCUT2D eigenvalue weighted by Crippen LogP contribution is 2.36. The zero-order chi connectivity index (χ0) is 17.4. The lowest BCUT2D eigenvalue weighted by atomic mass is 10.1. The summed E-state index contributed by atoms with van der Waals surface area (Å²) >= 11 is 2.06. The van der Waals surface area contributed by atoms with E-state index in [2.05, 4.69) is 70.2 Å². The summed E-state index contributed by atoms with van der Waals surface area (Å²) in [5.41, 5.74) is 1.16. The molecule has 5 nitrogen and oxygen atoms in total. The summed E-state index contributed by atoms with van der Waals surface area (Å²) in [5.74, 6) is 3.17. The largest absolute Gasteiger partial charge is 0.357 e. The maximum absolute atomic E-state index is 4.57. The lowest BCUT2D eigenvalue weighted by Gasteiger charge is -2.24. The molecule has 134 valence electrons. The molecule has 2 rings (SSSR count). The molecule has 2 N–H and O–H groups in total. The minimum Gasteiger partial charge on any atom is -0.357 e. The fraction of sp³-hybridized carbons (Fsp3) is 0.667. The van der Waals surface area contributed by atoms with Gasteiger partial charge in [0.05, 0.1) is 0 Å². The molecular weight excluding hydrogens is 318 g/mol. The summed E-state index contributed by atoms with van der Waals surface area (Å²) in [6.45, 7) is 10.3. The molecule has 6 heteroatoms. The number of nitrogens with one attached hydrogen (secondary N) is 2. The second kappa shape index (κ2) is 9.16. The van der Waals surface area contributed by atoms with Crippen LogP contribution in [0.5, 0.6) is 0 Å². The molecule has 1 aliphatic heterocycles. The molecule has 0 radical (unpaired) electrons. The highest BCUT2D eigenvalue weighted by Gasteiger charge is 2.29. The Bertz CT molecular complexity index is 519. The lowest BCUT2D eigenvalue weighted by molar-refractivity contribution is 0.584. The number of hydrogen-bond acceptors (Lipinski definition) is 4. The molecule has 0 amide bonds. The highest BCUT2D eigenvalue weighted by molar-refractivity contribution is 8.00. The summed E-state index contributed by atoms with van der Waals surface area (Å²) in [6.07, 6.45) is 4.54. The maximum atomic E-state index is 4.57. The van der Waals surface area contributed by atoms with Crippen LogP contribution in [-0.2, 0) is 6.54 Å². The van der Waals surface area contributed by atoms with Crippen LogP contribution in [0.1, 0.15) is 39.2 Å². The van der Waals surface area contributed by atoms with Crippen LogP contribution in [0.15, 0.2) is 23.3 Å². The minimum absolute atomic E-state index is 0.338. The molecule has 0 bridgehead atoms. The Labute approximate surface area is 150 Å². The summed E-state index contributed by atoms with van der Waals surface area (Å²) in [6, 6.07) is 4.23. The molecule has 0 saturated carbocycles. The van der Waals surface area contributed by atoms with E-state index < -0.39 is 0 Å². The van der Waals surface area contributed by atoms with Gasteiger partial charge in [0.1, 0.15) is 5.82 Å². The van der Waals surface area contributed by atoms with Crippen molar-refractivity contribution in [3.63, 3.8) is 0 Å². The van der Waals surface area contributed by atoms with Gasteiger partial charge in [0, 0.05) is 44.2 Å².